The van der Waals surface area contributed by atoms with Gasteiger partial charge in [0.2, 0.25) is 0 Å². The lowest BCUT2D eigenvalue weighted by molar-refractivity contribution is -0.384. The van der Waals surface area contributed by atoms with E-state index in [1.807, 2.05) is 0 Å². The van der Waals surface area contributed by atoms with Crippen molar-refractivity contribution in [2.45, 2.75) is 31.2 Å². The highest BCUT2D eigenvalue weighted by Crippen LogP contribution is 2.35. The molecule has 1 fully saturated rings. The first-order valence-electron chi connectivity index (χ1n) is 5.64. The van der Waals surface area contributed by atoms with Crippen molar-refractivity contribution in [3.05, 3.63) is 33.9 Å². The molecule has 1 aromatic rings. The zero-order chi connectivity index (χ0) is 12.5. The summed E-state index contributed by atoms with van der Waals surface area (Å²) in [7, 11) is 1.56. The van der Waals surface area contributed by atoms with Gasteiger partial charge < -0.3 is 10.5 Å². The third-order valence-corrected chi connectivity index (χ3v) is 3.37. The molecule has 0 saturated heterocycles. The van der Waals surface area contributed by atoms with Gasteiger partial charge in [-0.25, -0.2) is 0 Å². The van der Waals surface area contributed by atoms with Crippen molar-refractivity contribution >= 4 is 5.69 Å². The molecule has 0 aliphatic heterocycles. The van der Waals surface area contributed by atoms with Crippen LogP contribution in [0.2, 0.25) is 0 Å². The topological polar surface area (TPSA) is 78.4 Å². The van der Waals surface area contributed by atoms with E-state index < -0.39 is 4.92 Å². The van der Waals surface area contributed by atoms with Crippen LogP contribution in [0.1, 0.15) is 24.8 Å². The van der Waals surface area contributed by atoms with Crippen molar-refractivity contribution in [1.29, 1.82) is 0 Å². The predicted octanol–water partition coefficient (Wildman–Crippen LogP) is 2.03. The van der Waals surface area contributed by atoms with Gasteiger partial charge in [-0.2, -0.15) is 0 Å². The molecule has 0 bridgehead atoms. The number of methoxy groups -OCH3 is 1. The third-order valence-electron chi connectivity index (χ3n) is 3.37. The standard InChI is InChI=1S/C12H16N2O3/c1-17-11-4-3-10(14(15)16)7-9(11)8-12(13)5-2-6-12/h3-4,7H,2,5-6,8,13H2,1H3. The van der Waals surface area contributed by atoms with Crippen LogP contribution in [0.3, 0.4) is 0 Å². The predicted molar refractivity (Wildman–Crippen MR) is 64.1 cm³/mol. The van der Waals surface area contributed by atoms with Crippen LogP contribution >= 0.6 is 0 Å². The summed E-state index contributed by atoms with van der Waals surface area (Å²) in [4.78, 5) is 10.3. The van der Waals surface area contributed by atoms with Crippen LogP contribution in [0.4, 0.5) is 5.69 Å². The molecule has 0 unspecified atom stereocenters. The zero-order valence-corrected chi connectivity index (χ0v) is 9.81. The van der Waals surface area contributed by atoms with Crippen molar-refractivity contribution in [2.24, 2.45) is 5.73 Å². The lowest BCUT2D eigenvalue weighted by atomic mass is 9.73. The van der Waals surface area contributed by atoms with E-state index >= 15 is 0 Å². The smallest absolute Gasteiger partial charge is 0.269 e. The number of benzene rings is 1. The first-order valence-corrected chi connectivity index (χ1v) is 5.64. The summed E-state index contributed by atoms with van der Waals surface area (Å²) >= 11 is 0. The second kappa shape index (κ2) is 4.33. The Hall–Kier alpha value is -1.62. The number of ether oxygens (including phenoxy) is 1. The number of nitro groups is 1. The number of hydrogen-bond donors (Lipinski definition) is 1. The van der Waals surface area contributed by atoms with Crippen molar-refractivity contribution in [3.8, 4) is 5.75 Å². The van der Waals surface area contributed by atoms with E-state index in [2.05, 4.69) is 0 Å². The largest absolute Gasteiger partial charge is 0.496 e. The molecule has 2 N–H and O–H groups in total. The van der Waals surface area contributed by atoms with Gasteiger partial charge in [-0.1, -0.05) is 0 Å². The maximum Gasteiger partial charge on any atom is 0.269 e. The molecule has 2 rings (SSSR count). The average Bonchev–Trinajstić information content (AvgIpc) is 2.26. The van der Waals surface area contributed by atoms with Gasteiger partial charge in [0.05, 0.1) is 12.0 Å². The molecule has 0 heterocycles. The number of hydrogen-bond acceptors (Lipinski definition) is 4. The molecular formula is C12H16N2O3. The highest BCUT2D eigenvalue weighted by molar-refractivity contribution is 5.44. The third kappa shape index (κ3) is 2.39. The fourth-order valence-electron chi connectivity index (χ4n) is 2.20. The van der Waals surface area contributed by atoms with Crippen LogP contribution in [-0.2, 0) is 6.42 Å². The maximum atomic E-state index is 10.7. The van der Waals surface area contributed by atoms with Gasteiger partial charge in [0, 0.05) is 23.2 Å². The van der Waals surface area contributed by atoms with E-state index in [4.69, 9.17) is 10.5 Å². The number of nitrogens with zero attached hydrogens (tertiary/aromatic N) is 1. The first kappa shape index (κ1) is 11.9. The maximum absolute atomic E-state index is 10.7. The Bertz CT molecular complexity index is 441. The molecule has 5 nitrogen and oxygen atoms in total. The summed E-state index contributed by atoms with van der Waals surface area (Å²) in [6.07, 6.45) is 3.71. The van der Waals surface area contributed by atoms with Crippen LogP contribution in [0, 0.1) is 10.1 Å². The number of nitro benzene ring substituents is 1. The quantitative estimate of drug-likeness (QED) is 0.640. The molecule has 0 amide bonds. The molecule has 92 valence electrons. The molecule has 0 atom stereocenters. The fraction of sp³-hybridized carbons (Fsp3) is 0.500. The van der Waals surface area contributed by atoms with Crippen LogP contribution in [0.25, 0.3) is 0 Å². The van der Waals surface area contributed by atoms with Gasteiger partial charge in [-0.3, -0.25) is 10.1 Å². The SMILES string of the molecule is COc1ccc([N+](=O)[O-])cc1CC1(N)CCC1. The van der Waals surface area contributed by atoms with Gasteiger partial charge in [0.1, 0.15) is 5.75 Å². The van der Waals surface area contributed by atoms with Gasteiger partial charge in [-0.05, 0) is 31.7 Å². The molecule has 1 aromatic carbocycles. The van der Waals surface area contributed by atoms with Gasteiger partial charge >= 0.3 is 0 Å². The minimum atomic E-state index is -0.396. The summed E-state index contributed by atoms with van der Waals surface area (Å²) in [6.45, 7) is 0. The van der Waals surface area contributed by atoms with Gasteiger partial charge in [0.15, 0.2) is 0 Å². The van der Waals surface area contributed by atoms with Crippen molar-refractivity contribution in [3.63, 3.8) is 0 Å². The highest BCUT2D eigenvalue weighted by atomic mass is 16.6. The van der Waals surface area contributed by atoms with E-state index in [1.165, 1.54) is 6.07 Å². The molecule has 1 aliphatic carbocycles. The Kier molecular flexibility index (Phi) is 3.02. The first-order chi connectivity index (χ1) is 8.04. The van der Waals surface area contributed by atoms with Crippen molar-refractivity contribution in [2.75, 3.05) is 7.11 Å². The molecule has 5 heteroatoms. The molecular weight excluding hydrogens is 220 g/mol. The van der Waals surface area contributed by atoms with Crippen LogP contribution in [-0.4, -0.2) is 17.6 Å². The number of rotatable bonds is 4. The monoisotopic (exact) mass is 236 g/mol. The van der Waals surface area contributed by atoms with Crippen molar-refractivity contribution < 1.29 is 9.66 Å². The Morgan fingerprint density at radius 1 is 1.53 bits per heavy atom. The Balaban J connectivity index is 2.28. The minimum Gasteiger partial charge on any atom is -0.496 e. The molecule has 17 heavy (non-hydrogen) atoms. The summed E-state index contributed by atoms with van der Waals surface area (Å²) < 4.78 is 5.22. The fourth-order valence-corrected chi connectivity index (χ4v) is 2.20. The molecule has 1 saturated carbocycles. The van der Waals surface area contributed by atoms with Crippen LogP contribution in [0.5, 0.6) is 5.75 Å². The second-order valence-electron chi connectivity index (χ2n) is 4.65. The lowest BCUT2D eigenvalue weighted by Crippen LogP contribution is -2.48. The molecule has 0 aromatic heterocycles. The number of non-ortho nitro benzene ring substituents is 1. The van der Waals surface area contributed by atoms with Crippen molar-refractivity contribution in [1.82, 2.24) is 0 Å². The Morgan fingerprint density at radius 2 is 2.24 bits per heavy atom. The van der Waals surface area contributed by atoms with E-state index in [1.54, 1.807) is 19.2 Å². The van der Waals surface area contributed by atoms with E-state index in [0.29, 0.717) is 12.2 Å². The van der Waals surface area contributed by atoms with Gasteiger partial charge in [-0.15, -0.1) is 0 Å². The average molecular weight is 236 g/mol. The summed E-state index contributed by atoms with van der Waals surface area (Å²) in [5.41, 5.74) is 6.86. The summed E-state index contributed by atoms with van der Waals surface area (Å²) in [6, 6.07) is 4.65. The minimum absolute atomic E-state index is 0.0868. The number of nitrogens with two attached hydrogens (primary N) is 1. The molecule has 0 spiro atoms. The van der Waals surface area contributed by atoms with E-state index in [0.717, 1.165) is 24.8 Å². The lowest BCUT2D eigenvalue weighted by Gasteiger charge is -2.38. The van der Waals surface area contributed by atoms with E-state index in [-0.39, 0.29) is 11.2 Å². The van der Waals surface area contributed by atoms with Gasteiger partial charge in [0.25, 0.3) is 5.69 Å². The van der Waals surface area contributed by atoms with E-state index in [9.17, 15) is 10.1 Å². The highest BCUT2D eigenvalue weighted by Gasteiger charge is 2.33. The zero-order valence-electron chi connectivity index (χ0n) is 9.81. The summed E-state index contributed by atoms with van der Waals surface area (Å²) in [5.74, 6) is 0.673. The second-order valence-corrected chi connectivity index (χ2v) is 4.65. The van der Waals surface area contributed by atoms with Crippen LogP contribution < -0.4 is 10.5 Å². The molecule has 1 aliphatic rings. The Morgan fingerprint density at radius 3 is 2.71 bits per heavy atom. The summed E-state index contributed by atoms with van der Waals surface area (Å²) in [5, 5.41) is 10.7. The normalized spacial score (nSPS) is 17.3. The van der Waals surface area contributed by atoms with Crippen LogP contribution in [0.15, 0.2) is 18.2 Å². The molecule has 0 radical (unpaired) electrons. The Labute approximate surface area is 99.7 Å².